The second kappa shape index (κ2) is 6.66. The summed E-state index contributed by atoms with van der Waals surface area (Å²) in [5.41, 5.74) is 1.32. The van der Waals surface area contributed by atoms with Crippen LogP contribution in [0.5, 0.6) is 0 Å². The molecule has 144 valence electrons. The van der Waals surface area contributed by atoms with Crippen molar-refractivity contribution in [1.82, 2.24) is 16.0 Å². The lowest BCUT2D eigenvalue weighted by Gasteiger charge is -2.28. The highest BCUT2D eigenvalue weighted by atomic mass is 16.2. The second-order valence-corrected chi connectivity index (χ2v) is 8.65. The van der Waals surface area contributed by atoms with E-state index in [9.17, 15) is 14.4 Å². The maximum Gasteiger partial charge on any atom is 0.322 e. The first kappa shape index (κ1) is 18.0. The van der Waals surface area contributed by atoms with Crippen molar-refractivity contribution in [2.45, 2.75) is 64.0 Å². The summed E-state index contributed by atoms with van der Waals surface area (Å²) in [7, 11) is 0. The van der Waals surface area contributed by atoms with Gasteiger partial charge in [0.25, 0.3) is 5.91 Å². The van der Waals surface area contributed by atoms with Gasteiger partial charge < -0.3 is 10.6 Å². The number of carbonyl (C=O) groups excluding carboxylic acids is 3. The molecule has 1 saturated heterocycles. The SMILES string of the molecule is CC1(c2ccc(CNC(=O)CC3CCC4(CC3)CC4)cc2)NC(=O)NC1=O. The fourth-order valence-corrected chi connectivity index (χ4v) is 4.41. The summed E-state index contributed by atoms with van der Waals surface area (Å²) in [6.07, 6.45) is 8.39. The van der Waals surface area contributed by atoms with Gasteiger partial charge in [0.1, 0.15) is 5.54 Å². The van der Waals surface area contributed by atoms with Gasteiger partial charge >= 0.3 is 6.03 Å². The van der Waals surface area contributed by atoms with Gasteiger partial charge in [0.15, 0.2) is 0 Å². The predicted octanol–water partition coefficient (Wildman–Crippen LogP) is 2.72. The molecule has 1 spiro atoms. The van der Waals surface area contributed by atoms with Crippen LogP contribution in [0.15, 0.2) is 24.3 Å². The van der Waals surface area contributed by atoms with E-state index in [0.717, 1.165) is 11.1 Å². The van der Waals surface area contributed by atoms with Crippen LogP contribution in [0.2, 0.25) is 0 Å². The lowest BCUT2D eigenvalue weighted by atomic mass is 9.78. The van der Waals surface area contributed by atoms with Gasteiger partial charge in [0.05, 0.1) is 0 Å². The van der Waals surface area contributed by atoms with Crippen molar-refractivity contribution in [1.29, 1.82) is 0 Å². The molecule has 1 aromatic carbocycles. The number of amides is 4. The zero-order chi connectivity index (χ0) is 19.1. The first-order valence-electron chi connectivity index (χ1n) is 9.88. The lowest BCUT2D eigenvalue weighted by Crippen LogP contribution is -2.40. The summed E-state index contributed by atoms with van der Waals surface area (Å²) in [5, 5.41) is 7.92. The van der Waals surface area contributed by atoms with E-state index < -0.39 is 11.6 Å². The predicted molar refractivity (Wildman–Crippen MR) is 101 cm³/mol. The zero-order valence-electron chi connectivity index (χ0n) is 15.8. The molecule has 4 amide bonds. The fourth-order valence-electron chi connectivity index (χ4n) is 4.41. The third-order valence-electron chi connectivity index (χ3n) is 6.66. The van der Waals surface area contributed by atoms with Crippen LogP contribution in [0, 0.1) is 11.3 Å². The molecule has 4 rings (SSSR count). The molecular weight excluding hydrogens is 342 g/mol. The molecule has 0 radical (unpaired) electrons. The molecule has 0 aromatic heterocycles. The summed E-state index contributed by atoms with van der Waals surface area (Å²) >= 11 is 0. The van der Waals surface area contributed by atoms with Crippen LogP contribution >= 0.6 is 0 Å². The number of hydrogen-bond acceptors (Lipinski definition) is 3. The molecule has 1 atom stereocenters. The Morgan fingerprint density at radius 1 is 1.11 bits per heavy atom. The summed E-state index contributed by atoms with van der Waals surface area (Å²) in [4.78, 5) is 35.6. The van der Waals surface area contributed by atoms with Gasteiger partial charge in [-0.05, 0) is 67.9 Å². The molecule has 0 bridgehead atoms. The van der Waals surface area contributed by atoms with E-state index in [0.29, 0.717) is 24.3 Å². The highest BCUT2D eigenvalue weighted by molar-refractivity contribution is 6.07. The minimum absolute atomic E-state index is 0.116. The minimum atomic E-state index is -1.04. The largest absolute Gasteiger partial charge is 0.352 e. The van der Waals surface area contributed by atoms with E-state index in [-0.39, 0.29) is 11.8 Å². The molecule has 1 aliphatic heterocycles. The van der Waals surface area contributed by atoms with Gasteiger partial charge in [0, 0.05) is 13.0 Å². The van der Waals surface area contributed by atoms with Crippen molar-refractivity contribution < 1.29 is 14.4 Å². The van der Waals surface area contributed by atoms with E-state index in [1.807, 2.05) is 24.3 Å². The Morgan fingerprint density at radius 3 is 2.33 bits per heavy atom. The Morgan fingerprint density at radius 2 is 1.78 bits per heavy atom. The minimum Gasteiger partial charge on any atom is -0.352 e. The zero-order valence-corrected chi connectivity index (χ0v) is 15.8. The third kappa shape index (κ3) is 3.70. The van der Waals surface area contributed by atoms with Crippen LogP contribution in [0.1, 0.15) is 63.0 Å². The van der Waals surface area contributed by atoms with E-state index in [1.54, 1.807) is 6.92 Å². The number of nitrogens with one attached hydrogen (secondary N) is 3. The molecule has 6 nitrogen and oxygen atoms in total. The Labute approximate surface area is 159 Å². The van der Waals surface area contributed by atoms with Gasteiger partial charge in [0.2, 0.25) is 5.91 Å². The Balaban J connectivity index is 1.27. The van der Waals surface area contributed by atoms with Crippen molar-refractivity contribution in [2.24, 2.45) is 11.3 Å². The molecule has 1 heterocycles. The summed E-state index contributed by atoms with van der Waals surface area (Å²) in [6.45, 7) is 2.16. The Hall–Kier alpha value is -2.37. The number of rotatable bonds is 5. The van der Waals surface area contributed by atoms with Gasteiger partial charge in [-0.3, -0.25) is 14.9 Å². The molecule has 2 saturated carbocycles. The number of benzene rings is 1. The number of hydrogen-bond donors (Lipinski definition) is 3. The van der Waals surface area contributed by atoms with Gasteiger partial charge in [-0.15, -0.1) is 0 Å². The van der Waals surface area contributed by atoms with E-state index in [1.165, 1.54) is 38.5 Å². The normalized spacial score (nSPS) is 26.6. The third-order valence-corrected chi connectivity index (χ3v) is 6.66. The Bertz CT molecular complexity index is 759. The van der Waals surface area contributed by atoms with Crippen molar-refractivity contribution in [3.63, 3.8) is 0 Å². The van der Waals surface area contributed by atoms with Crippen LogP contribution < -0.4 is 16.0 Å². The molecule has 3 N–H and O–H groups in total. The lowest BCUT2D eigenvalue weighted by molar-refractivity contribution is -0.124. The van der Waals surface area contributed by atoms with Crippen LogP contribution in [-0.4, -0.2) is 17.8 Å². The van der Waals surface area contributed by atoms with Crippen molar-refractivity contribution in [2.75, 3.05) is 0 Å². The standard InChI is InChI=1S/C21H27N3O3/c1-20(18(26)23-19(27)24-20)16-4-2-15(3-5-16)13-22-17(25)12-14-6-8-21(9-7-14)10-11-21/h2-5,14H,6-13H2,1H3,(H,22,25)(H2,23,24,26,27). The first-order valence-corrected chi connectivity index (χ1v) is 9.88. The molecule has 6 heteroatoms. The van der Waals surface area contributed by atoms with E-state index >= 15 is 0 Å². The average Bonchev–Trinajstić information content (AvgIpc) is 3.35. The van der Waals surface area contributed by atoms with E-state index in [4.69, 9.17) is 0 Å². The monoisotopic (exact) mass is 369 g/mol. The van der Waals surface area contributed by atoms with Gasteiger partial charge in [-0.1, -0.05) is 24.3 Å². The fraction of sp³-hybridized carbons (Fsp3) is 0.571. The van der Waals surface area contributed by atoms with Crippen LogP contribution in [-0.2, 0) is 21.7 Å². The van der Waals surface area contributed by atoms with Crippen LogP contribution in [0.3, 0.4) is 0 Å². The molecule has 1 unspecified atom stereocenters. The molecule has 27 heavy (non-hydrogen) atoms. The van der Waals surface area contributed by atoms with Crippen LogP contribution in [0.25, 0.3) is 0 Å². The topological polar surface area (TPSA) is 87.3 Å². The van der Waals surface area contributed by atoms with Crippen LogP contribution in [0.4, 0.5) is 4.79 Å². The quantitative estimate of drug-likeness (QED) is 0.698. The van der Waals surface area contributed by atoms with Crippen molar-refractivity contribution >= 4 is 17.8 Å². The molecule has 3 aliphatic rings. The molecule has 3 fully saturated rings. The highest BCUT2D eigenvalue weighted by Crippen LogP contribution is 2.57. The maximum absolute atomic E-state index is 12.3. The average molecular weight is 369 g/mol. The van der Waals surface area contributed by atoms with Gasteiger partial charge in [-0.2, -0.15) is 0 Å². The number of imide groups is 1. The number of urea groups is 1. The smallest absolute Gasteiger partial charge is 0.322 e. The summed E-state index contributed by atoms with van der Waals surface area (Å²) in [5.74, 6) is 0.294. The van der Waals surface area contributed by atoms with Gasteiger partial charge in [-0.25, -0.2) is 4.79 Å². The summed E-state index contributed by atoms with van der Waals surface area (Å²) in [6, 6.07) is 6.94. The van der Waals surface area contributed by atoms with Crippen molar-refractivity contribution in [3.8, 4) is 0 Å². The first-order chi connectivity index (χ1) is 12.9. The molecule has 1 aromatic rings. The second-order valence-electron chi connectivity index (χ2n) is 8.65. The Kier molecular flexibility index (Phi) is 4.44. The molecular formula is C21H27N3O3. The summed E-state index contributed by atoms with van der Waals surface area (Å²) < 4.78 is 0. The highest BCUT2D eigenvalue weighted by Gasteiger charge is 2.45. The van der Waals surface area contributed by atoms with E-state index in [2.05, 4.69) is 16.0 Å². The maximum atomic E-state index is 12.3. The number of carbonyl (C=O) groups is 3. The molecule has 2 aliphatic carbocycles. The van der Waals surface area contributed by atoms with Crippen molar-refractivity contribution in [3.05, 3.63) is 35.4 Å².